The minimum Gasteiger partial charge on any atom is -0.490 e. The topological polar surface area (TPSA) is 71.0 Å². The number of nitrogens with one attached hydrogen (secondary N) is 2. The van der Waals surface area contributed by atoms with Gasteiger partial charge in [0.2, 0.25) is 0 Å². The Morgan fingerprint density at radius 1 is 1.36 bits per heavy atom. The lowest BCUT2D eigenvalue weighted by molar-refractivity contribution is -0.00683. The molecular formula is C18H31N5O2. The van der Waals surface area contributed by atoms with E-state index in [0.29, 0.717) is 13.2 Å². The summed E-state index contributed by atoms with van der Waals surface area (Å²) in [5.41, 5.74) is 0.0122. The first-order valence-corrected chi connectivity index (χ1v) is 8.99. The van der Waals surface area contributed by atoms with Gasteiger partial charge in [0.1, 0.15) is 12.4 Å². The molecule has 0 spiro atoms. The SMILES string of the molecule is CCNC(=NCC(C)(C)N1CCOCC1)NCCOc1cccnc1. The highest BCUT2D eigenvalue weighted by Crippen LogP contribution is 2.16. The summed E-state index contributed by atoms with van der Waals surface area (Å²) >= 11 is 0. The maximum atomic E-state index is 5.65. The van der Waals surface area contributed by atoms with Gasteiger partial charge >= 0.3 is 0 Å². The van der Waals surface area contributed by atoms with Crippen LogP contribution in [0.3, 0.4) is 0 Å². The number of aliphatic imine (C=N–C) groups is 1. The molecule has 0 radical (unpaired) electrons. The standard InChI is InChI=1S/C18H31N5O2/c1-4-20-17(21-8-11-25-16-6-5-7-19-14-16)22-15-18(2,3)23-9-12-24-13-10-23/h5-7,14H,4,8-13,15H2,1-3H3,(H2,20,21,22). The molecule has 1 fully saturated rings. The van der Waals surface area contributed by atoms with Gasteiger partial charge in [-0.25, -0.2) is 0 Å². The van der Waals surface area contributed by atoms with Crippen LogP contribution in [0.1, 0.15) is 20.8 Å². The lowest BCUT2D eigenvalue weighted by atomic mass is 10.0. The first kappa shape index (κ1) is 19.5. The third-order valence-corrected chi connectivity index (χ3v) is 4.13. The summed E-state index contributed by atoms with van der Waals surface area (Å²) in [6, 6.07) is 3.76. The monoisotopic (exact) mass is 349 g/mol. The van der Waals surface area contributed by atoms with Crippen LogP contribution < -0.4 is 15.4 Å². The molecule has 25 heavy (non-hydrogen) atoms. The van der Waals surface area contributed by atoms with Crippen molar-refractivity contribution in [1.82, 2.24) is 20.5 Å². The van der Waals surface area contributed by atoms with Crippen LogP contribution in [0.2, 0.25) is 0 Å². The molecule has 1 aromatic rings. The number of morpholine rings is 1. The van der Waals surface area contributed by atoms with E-state index in [9.17, 15) is 0 Å². The first-order chi connectivity index (χ1) is 12.1. The van der Waals surface area contributed by atoms with E-state index in [1.807, 2.05) is 12.1 Å². The van der Waals surface area contributed by atoms with Crippen molar-refractivity contribution in [3.63, 3.8) is 0 Å². The van der Waals surface area contributed by atoms with E-state index in [0.717, 1.165) is 51.1 Å². The van der Waals surface area contributed by atoms with Crippen molar-refractivity contribution < 1.29 is 9.47 Å². The van der Waals surface area contributed by atoms with Gasteiger partial charge in [0.05, 0.1) is 32.5 Å². The summed E-state index contributed by atoms with van der Waals surface area (Å²) in [6.45, 7) is 12.9. The predicted octanol–water partition coefficient (Wildman–Crippen LogP) is 1.13. The van der Waals surface area contributed by atoms with Gasteiger partial charge in [0, 0.05) is 31.4 Å². The normalized spacial score (nSPS) is 16.5. The maximum Gasteiger partial charge on any atom is 0.191 e. The van der Waals surface area contributed by atoms with Gasteiger partial charge in [-0.2, -0.15) is 0 Å². The fourth-order valence-corrected chi connectivity index (χ4v) is 2.65. The van der Waals surface area contributed by atoms with E-state index in [1.165, 1.54) is 0 Å². The Morgan fingerprint density at radius 3 is 2.84 bits per heavy atom. The van der Waals surface area contributed by atoms with Crippen molar-refractivity contribution >= 4 is 5.96 Å². The molecule has 0 aliphatic carbocycles. The number of pyridine rings is 1. The van der Waals surface area contributed by atoms with Crippen molar-refractivity contribution in [3.8, 4) is 5.75 Å². The van der Waals surface area contributed by atoms with Gasteiger partial charge in [0.15, 0.2) is 5.96 Å². The number of nitrogens with zero attached hydrogens (tertiary/aromatic N) is 3. The van der Waals surface area contributed by atoms with E-state index in [1.54, 1.807) is 12.4 Å². The van der Waals surface area contributed by atoms with E-state index < -0.39 is 0 Å². The molecule has 0 amide bonds. The van der Waals surface area contributed by atoms with Crippen molar-refractivity contribution in [2.24, 2.45) is 4.99 Å². The van der Waals surface area contributed by atoms with E-state index in [-0.39, 0.29) is 5.54 Å². The molecule has 7 nitrogen and oxygen atoms in total. The smallest absolute Gasteiger partial charge is 0.191 e. The summed E-state index contributed by atoms with van der Waals surface area (Å²) in [5, 5.41) is 6.60. The quantitative estimate of drug-likeness (QED) is 0.416. The minimum absolute atomic E-state index is 0.0122. The van der Waals surface area contributed by atoms with Crippen LogP contribution in [0.5, 0.6) is 5.75 Å². The molecule has 0 unspecified atom stereocenters. The average molecular weight is 349 g/mol. The van der Waals surface area contributed by atoms with Gasteiger partial charge < -0.3 is 20.1 Å². The number of ether oxygens (including phenoxy) is 2. The molecule has 0 atom stereocenters. The largest absolute Gasteiger partial charge is 0.490 e. The molecule has 2 heterocycles. The fourth-order valence-electron chi connectivity index (χ4n) is 2.65. The molecule has 0 aromatic carbocycles. The van der Waals surface area contributed by atoms with Crippen LogP contribution in [0.25, 0.3) is 0 Å². The molecule has 140 valence electrons. The van der Waals surface area contributed by atoms with E-state index in [4.69, 9.17) is 14.5 Å². The Labute approximate surface area is 150 Å². The van der Waals surface area contributed by atoms with Gasteiger partial charge in [-0.3, -0.25) is 14.9 Å². The molecule has 1 aromatic heterocycles. The zero-order valence-corrected chi connectivity index (χ0v) is 15.6. The number of rotatable bonds is 8. The summed E-state index contributed by atoms with van der Waals surface area (Å²) in [4.78, 5) is 11.2. The number of guanidine groups is 1. The Balaban J connectivity index is 1.78. The van der Waals surface area contributed by atoms with Gasteiger partial charge in [-0.15, -0.1) is 0 Å². The molecule has 2 N–H and O–H groups in total. The lowest BCUT2D eigenvalue weighted by Crippen LogP contribution is -2.52. The molecule has 1 saturated heterocycles. The first-order valence-electron chi connectivity index (χ1n) is 8.99. The van der Waals surface area contributed by atoms with Crippen LogP contribution in [0.15, 0.2) is 29.5 Å². The number of hydrogen-bond acceptors (Lipinski definition) is 5. The zero-order chi connectivity index (χ0) is 18.0. The Morgan fingerprint density at radius 2 is 2.16 bits per heavy atom. The van der Waals surface area contributed by atoms with Crippen molar-refractivity contribution in [3.05, 3.63) is 24.5 Å². The van der Waals surface area contributed by atoms with Gasteiger partial charge in [0.25, 0.3) is 0 Å². The Hall–Kier alpha value is -1.86. The summed E-state index contributed by atoms with van der Waals surface area (Å²) in [7, 11) is 0. The average Bonchev–Trinajstić information content (AvgIpc) is 2.65. The highest BCUT2D eigenvalue weighted by molar-refractivity contribution is 5.79. The van der Waals surface area contributed by atoms with Crippen molar-refractivity contribution in [1.29, 1.82) is 0 Å². The zero-order valence-electron chi connectivity index (χ0n) is 15.6. The minimum atomic E-state index is 0.0122. The van der Waals surface area contributed by atoms with Crippen LogP contribution in [-0.4, -0.2) is 73.9 Å². The predicted molar refractivity (Wildman–Crippen MR) is 100 cm³/mol. The Kier molecular flexibility index (Phi) is 7.94. The van der Waals surface area contributed by atoms with Crippen molar-refractivity contribution in [2.45, 2.75) is 26.3 Å². The van der Waals surface area contributed by atoms with Crippen molar-refractivity contribution in [2.75, 3.05) is 52.5 Å². The second-order valence-electron chi connectivity index (χ2n) is 6.57. The Bertz CT molecular complexity index is 515. The molecule has 1 aliphatic rings. The third kappa shape index (κ3) is 6.88. The maximum absolute atomic E-state index is 5.65. The molecular weight excluding hydrogens is 318 g/mol. The van der Waals surface area contributed by atoms with E-state index in [2.05, 4.69) is 41.3 Å². The van der Waals surface area contributed by atoms with E-state index >= 15 is 0 Å². The summed E-state index contributed by atoms with van der Waals surface area (Å²) in [5.74, 6) is 1.60. The molecule has 0 saturated carbocycles. The lowest BCUT2D eigenvalue weighted by Gasteiger charge is -2.39. The molecule has 1 aliphatic heterocycles. The molecule has 7 heteroatoms. The highest BCUT2D eigenvalue weighted by Gasteiger charge is 2.28. The highest BCUT2D eigenvalue weighted by atomic mass is 16.5. The summed E-state index contributed by atoms with van der Waals surface area (Å²) < 4.78 is 11.1. The van der Waals surface area contributed by atoms with Crippen LogP contribution >= 0.6 is 0 Å². The fraction of sp³-hybridized carbons (Fsp3) is 0.667. The second-order valence-corrected chi connectivity index (χ2v) is 6.57. The number of hydrogen-bond donors (Lipinski definition) is 2. The van der Waals surface area contributed by atoms with Crippen LogP contribution in [0.4, 0.5) is 0 Å². The second kappa shape index (κ2) is 10.2. The van der Waals surface area contributed by atoms with Crippen LogP contribution in [-0.2, 0) is 4.74 Å². The van der Waals surface area contributed by atoms with Gasteiger partial charge in [-0.05, 0) is 32.9 Å². The van der Waals surface area contributed by atoms with Gasteiger partial charge in [-0.1, -0.05) is 0 Å². The molecule has 0 bridgehead atoms. The van der Waals surface area contributed by atoms with Crippen LogP contribution in [0, 0.1) is 0 Å². The summed E-state index contributed by atoms with van der Waals surface area (Å²) in [6.07, 6.45) is 3.45. The number of aromatic nitrogens is 1. The molecule has 2 rings (SSSR count). The third-order valence-electron chi connectivity index (χ3n) is 4.13.